The second-order valence-electron chi connectivity index (χ2n) is 5.75. The Morgan fingerprint density at radius 1 is 1.47 bits per heavy atom. The van der Waals surface area contributed by atoms with E-state index in [9.17, 15) is 9.59 Å². The number of Topliss-reactive ketones (excluding diaryl/α,β-unsaturated/α-hetero) is 1. The molecule has 5 heteroatoms. The minimum Gasteiger partial charge on any atom is -0.393 e. The molecule has 1 saturated heterocycles. The van der Waals surface area contributed by atoms with Gasteiger partial charge in [0.1, 0.15) is 11.9 Å². The summed E-state index contributed by atoms with van der Waals surface area (Å²) in [6.07, 6.45) is 4.41. The zero-order chi connectivity index (χ0) is 14.5. The molecular formula is C14H23NO3S. The molecule has 0 spiro atoms. The van der Waals surface area contributed by atoms with Gasteiger partial charge in [-0.15, -0.1) is 0 Å². The van der Waals surface area contributed by atoms with Crippen molar-refractivity contribution in [3.8, 4) is 0 Å². The standard InChI is InChI=1S/C14H23NO3S/c1-10(2)18-15-8-6-5-7-11-12(16)9-14(3,4)19-13(11)17/h8,10-11H,5-7,9H2,1-4H3. The number of ketones is 1. The summed E-state index contributed by atoms with van der Waals surface area (Å²) < 4.78 is -0.239. The molecule has 1 aliphatic heterocycles. The van der Waals surface area contributed by atoms with Crippen LogP contribution in [0, 0.1) is 5.92 Å². The Labute approximate surface area is 119 Å². The summed E-state index contributed by atoms with van der Waals surface area (Å²) in [7, 11) is 0. The number of thioether (sulfide) groups is 1. The van der Waals surface area contributed by atoms with Crippen LogP contribution in [0.1, 0.15) is 53.4 Å². The molecule has 0 saturated carbocycles. The van der Waals surface area contributed by atoms with Crippen molar-refractivity contribution in [3.05, 3.63) is 0 Å². The van der Waals surface area contributed by atoms with Crippen LogP contribution in [0.4, 0.5) is 0 Å². The van der Waals surface area contributed by atoms with Crippen molar-refractivity contribution in [2.45, 2.75) is 64.2 Å². The highest BCUT2D eigenvalue weighted by atomic mass is 32.2. The lowest BCUT2D eigenvalue weighted by Gasteiger charge is -2.31. The molecule has 1 atom stereocenters. The van der Waals surface area contributed by atoms with E-state index in [0.717, 1.165) is 12.8 Å². The van der Waals surface area contributed by atoms with Gasteiger partial charge in [0.2, 0.25) is 0 Å². The molecule has 0 aromatic rings. The van der Waals surface area contributed by atoms with E-state index in [1.165, 1.54) is 11.8 Å². The first-order chi connectivity index (χ1) is 8.82. The van der Waals surface area contributed by atoms with Crippen LogP contribution in [0.2, 0.25) is 0 Å². The van der Waals surface area contributed by atoms with Gasteiger partial charge in [-0.05, 0) is 47.0 Å². The van der Waals surface area contributed by atoms with Crippen LogP contribution in [0.25, 0.3) is 0 Å². The third kappa shape index (κ3) is 5.76. The van der Waals surface area contributed by atoms with Crippen molar-refractivity contribution in [2.75, 3.05) is 0 Å². The van der Waals surface area contributed by atoms with Gasteiger partial charge in [-0.25, -0.2) is 0 Å². The Bertz CT molecular complexity index is 344. The van der Waals surface area contributed by atoms with Crippen LogP contribution < -0.4 is 0 Å². The molecule has 1 unspecified atom stereocenters. The van der Waals surface area contributed by atoms with E-state index in [2.05, 4.69) is 5.16 Å². The first-order valence-corrected chi connectivity index (χ1v) is 7.57. The molecule has 108 valence electrons. The van der Waals surface area contributed by atoms with Gasteiger partial charge >= 0.3 is 0 Å². The molecule has 0 aromatic carbocycles. The molecule has 1 fully saturated rings. The fraction of sp³-hybridized carbons (Fsp3) is 0.786. The van der Waals surface area contributed by atoms with E-state index in [1.807, 2.05) is 27.7 Å². The molecule has 1 rings (SSSR count). The predicted molar refractivity (Wildman–Crippen MR) is 78.4 cm³/mol. The zero-order valence-electron chi connectivity index (χ0n) is 12.1. The van der Waals surface area contributed by atoms with Crippen LogP contribution >= 0.6 is 11.8 Å². The van der Waals surface area contributed by atoms with Gasteiger partial charge in [0.05, 0.1) is 5.92 Å². The van der Waals surface area contributed by atoms with Gasteiger partial charge in [-0.2, -0.15) is 0 Å². The Morgan fingerprint density at radius 3 is 2.74 bits per heavy atom. The zero-order valence-corrected chi connectivity index (χ0v) is 13.0. The smallest absolute Gasteiger partial charge is 0.199 e. The SMILES string of the molecule is CC(C)ON=CCCCC1C(=O)CC(C)(C)SC1=O. The summed E-state index contributed by atoms with van der Waals surface area (Å²) in [5.41, 5.74) is 0. The topological polar surface area (TPSA) is 55.7 Å². The highest BCUT2D eigenvalue weighted by molar-refractivity contribution is 8.15. The van der Waals surface area contributed by atoms with Crippen molar-refractivity contribution >= 4 is 28.9 Å². The molecule has 0 N–H and O–H groups in total. The first-order valence-electron chi connectivity index (χ1n) is 6.75. The van der Waals surface area contributed by atoms with Gasteiger partial charge in [0.25, 0.3) is 0 Å². The van der Waals surface area contributed by atoms with Crippen molar-refractivity contribution in [3.63, 3.8) is 0 Å². The summed E-state index contributed by atoms with van der Waals surface area (Å²) in [6.45, 7) is 7.71. The average Bonchev–Trinajstić information content (AvgIpc) is 2.24. The fourth-order valence-corrected chi connectivity index (χ4v) is 3.11. The Hall–Kier alpha value is -0.840. The molecule has 1 aliphatic rings. The molecule has 0 bridgehead atoms. The maximum Gasteiger partial charge on any atom is 0.199 e. The second-order valence-corrected chi connectivity index (χ2v) is 7.46. The number of carbonyl (C=O) groups is 2. The molecule has 19 heavy (non-hydrogen) atoms. The Balaban J connectivity index is 2.32. The Kier molecular flexibility index (Phi) is 6.04. The fourth-order valence-electron chi connectivity index (χ4n) is 1.96. The molecule has 0 aromatic heterocycles. The van der Waals surface area contributed by atoms with Gasteiger partial charge in [-0.1, -0.05) is 16.9 Å². The van der Waals surface area contributed by atoms with Crippen LogP contribution in [0.5, 0.6) is 0 Å². The maximum absolute atomic E-state index is 11.9. The van der Waals surface area contributed by atoms with Crippen LogP contribution in [0.15, 0.2) is 5.16 Å². The molecular weight excluding hydrogens is 262 g/mol. The molecule has 0 aliphatic carbocycles. The van der Waals surface area contributed by atoms with E-state index in [-0.39, 0.29) is 21.7 Å². The number of nitrogens with zero attached hydrogens (tertiary/aromatic N) is 1. The molecule has 4 nitrogen and oxygen atoms in total. The van der Waals surface area contributed by atoms with E-state index < -0.39 is 5.92 Å². The predicted octanol–water partition coefficient (Wildman–Crippen LogP) is 3.19. The summed E-state index contributed by atoms with van der Waals surface area (Å²) >= 11 is 1.31. The van der Waals surface area contributed by atoms with Crippen LogP contribution in [-0.2, 0) is 14.4 Å². The highest BCUT2D eigenvalue weighted by Crippen LogP contribution is 2.38. The second kappa shape index (κ2) is 7.08. The van der Waals surface area contributed by atoms with E-state index >= 15 is 0 Å². The quantitative estimate of drug-likeness (QED) is 0.325. The van der Waals surface area contributed by atoms with Gasteiger partial charge < -0.3 is 4.84 Å². The van der Waals surface area contributed by atoms with Gasteiger partial charge in [-0.3, -0.25) is 9.59 Å². The van der Waals surface area contributed by atoms with Gasteiger partial charge in [0.15, 0.2) is 5.12 Å². The van der Waals surface area contributed by atoms with Crippen molar-refractivity contribution < 1.29 is 14.4 Å². The number of carbonyl (C=O) groups excluding carboxylic acids is 2. The normalized spacial score (nSPS) is 23.3. The lowest BCUT2D eigenvalue weighted by Crippen LogP contribution is -2.36. The minimum absolute atomic E-state index is 0.0246. The lowest BCUT2D eigenvalue weighted by atomic mass is 9.91. The van der Waals surface area contributed by atoms with Gasteiger partial charge in [0, 0.05) is 17.4 Å². The Morgan fingerprint density at radius 2 is 2.16 bits per heavy atom. The highest BCUT2D eigenvalue weighted by Gasteiger charge is 2.39. The largest absolute Gasteiger partial charge is 0.393 e. The summed E-state index contributed by atoms with van der Waals surface area (Å²) in [6, 6.07) is 0. The van der Waals surface area contributed by atoms with E-state index in [4.69, 9.17) is 4.84 Å². The summed E-state index contributed by atoms with van der Waals surface area (Å²) in [5, 5.41) is 3.84. The monoisotopic (exact) mass is 285 g/mol. The molecule has 0 radical (unpaired) electrons. The minimum atomic E-state index is -0.419. The van der Waals surface area contributed by atoms with Crippen LogP contribution in [-0.4, -0.2) is 28.0 Å². The number of rotatable bonds is 6. The van der Waals surface area contributed by atoms with Crippen molar-refractivity contribution in [1.29, 1.82) is 0 Å². The maximum atomic E-state index is 11.9. The van der Waals surface area contributed by atoms with E-state index in [0.29, 0.717) is 12.8 Å². The van der Waals surface area contributed by atoms with Crippen molar-refractivity contribution in [2.24, 2.45) is 11.1 Å². The molecule has 1 heterocycles. The molecule has 0 amide bonds. The third-order valence-corrected chi connectivity index (χ3v) is 4.00. The first kappa shape index (κ1) is 16.2. The number of hydrogen-bond donors (Lipinski definition) is 0. The number of unbranched alkanes of at least 4 members (excludes halogenated alkanes) is 1. The number of hydrogen-bond acceptors (Lipinski definition) is 5. The van der Waals surface area contributed by atoms with Crippen LogP contribution in [0.3, 0.4) is 0 Å². The third-order valence-electron chi connectivity index (χ3n) is 2.82. The summed E-state index contributed by atoms with van der Waals surface area (Å²) in [5.74, 6) is -0.332. The van der Waals surface area contributed by atoms with Crippen molar-refractivity contribution in [1.82, 2.24) is 0 Å². The summed E-state index contributed by atoms with van der Waals surface area (Å²) in [4.78, 5) is 28.9. The van der Waals surface area contributed by atoms with E-state index in [1.54, 1.807) is 6.21 Å². The average molecular weight is 285 g/mol. The lowest BCUT2D eigenvalue weighted by molar-refractivity contribution is -0.130. The number of oxime groups is 1.